The summed E-state index contributed by atoms with van der Waals surface area (Å²) in [6.07, 6.45) is 3.91. The van der Waals surface area contributed by atoms with E-state index in [1.165, 1.54) is 17.0 Å². The molecule has 5 nitrogen and oxygen atoms in total. The van der Waals surface area contributed by atoms with Gasteiger partial charge in [0.1, 0.15) is 11.6 Å². The van der Waals surface area contributed by atoms with Crippen LogP contribution in [0.2, 0.25) is 0 Å². The van der Waals surface area contributed by atoms with Gasteiger partial charge in [0.15, 0.2) is 5.16 Å². The minimum absolute atomic E-state index is 0.222. The van der Waals surface area contributed by atoms with Gasteiger partial charge in [-0.25, -0.2) is 4.39 Å². The fourth-order valence-electron chi connectivity index (χ4n) is 3.48. The lowest BCUT2D eigenvalue weighted by Gasteiger charge is -2.16. The fraction of sp³-hybridized carbons (Fsp3) is 0.217. The van der Waals surface area contributed by atoms with Crippen molar-refractivity contribution in [3.63, 3.8) is 0 Å². The van der Waals surface area contributed by atoms with Crippen molar-refractivity contribution in [3.8, 4) is 0 Å². The molecule has 2 heterocycles. The van der Waals surface area contributed by atoms with Gasteiger partial charge in [-0.2, -0.15) is 0 Å². The largest absolute Gasteiger partial charge is 0.361 e. The van der Waals surface area contributed by atoms with Crippen LogP contribution in [0, 0.1) is 5.82 Å². The molecule has 0 aliphatic carbocycles. The maximum Gasteiger partial charge on any atom is 0.191 e. The van der Waals surface area contributed by atoms with E-state index in [-0.39, 0.29) is 5.82 Å². The Morgan fingerprint density at radius 3 is 2.87 bits per heavy atom. The lowest BCUT2D eigenvalue weighted by Crippen LogP contribution is -2.20. The number of para-hydroxylation sites is 1. The average Bonchev–Trinajstić information content (AvgIpc) is 3.31. The SMILES string of the molecule is C=CCn1c(CN(C)Cc2c[nH]c3ccccc23)nnc1SCc1cccc(F)c1. The van der Waals surface area contributed by atoms with Crippen molar-refractivity contribution in [2.75, 3.05) is 7.05 Å². The third-order valence-corrected chi connectivity index (χ3v) is 5.93. The van der Waals surface area contributed by atoms with Crippen molar-refractivity contribution in [1.29, 1.82) is 0 Å². The highest BCUT2D eigenvalue weighted by molar-refractivity contribution is 7.98. The Morgan fingerprint density at radius 1 is 1.17 bits per heavy atom. The highest BCUT2D eigenvalue weighted by Crippen LogP contribution is 2.24. The van der Waals surface area contributed by atoms with Gasteiger partial charge in [-0.15, -0.1) is 16.8 Å². The third kappa shape index (κ3) is 4.63. The van der Waals surface area contributed by atoms with E-state index < -0.39 is 0 Å². The van der Waals surface area contributed by atoms with Crippen molar-refractivity contribution in [3.05, 3.63) is 90.2 Å². The topological polar surface area (TPSA) is 49.7 Å². The molecule has 0 atom stereocenters. The number of aromatic amines is 1. The first-order valence-corrected chi connectivity index (χ1v) is 10.8. The Morgan fingerprint density at radius 2 is 2.03 bits per heavy atom. The molecule has 0 aliphatic heterocycles. The van der Waals surface area contributed by atoms with Crippen LogP contribution in [0.15, 0.2) is 72.5 Å². The van der Waals surface area contributed by atoms with E-state index in [4.69, 9.17) is 0 Å². The molecular weight excluding hydrogens is 397 g/mol. The van der Waals surface area contributed by atoms with Gasteiger partial charge in [0, 0.05) is 35.9 Å². The maximum absolute atomic E-state index is 13.4. The average molecular weight is 422 g/mol. The van der Waals surface area contributed by atoms with Gasteiger partial charge in [0.2, 0.25) is 0 Å². The summed E-state index contributed by atoms with van der Waals surface area (Å²) >= 11 is 1.56. The highest BCUT2D eigenvalue weighted by Gasteiger charge is 2.15. The quantitative estimate of drug-likeness (QED) is 0.305. The van der Waals surface area contributed by atoms with Crippen molar-refractivity contribution in [2.45, 2.75) is 30.5 Å². The summed E-state index contributed by atoms with van der Waals surface area (Å²) in [6, 6.07) is 15.0. The second-order valence-corrected chi connectivity index (χ2v) is 8.19. The number of nitrogens with one attached hydrogen (secondary N) is 1. The number of nitrogens with zero attached hydrogens (tertiary/aromatic N) is 4. The number of hydrogen-bond acceptors (Lipinski definition) is 4. The Balaban J connectivity index is 1.46. The first-order chi connectivity index (χ1) is 14.6. The zero-order chi connectivity index (χ0) is 20.9. The number of thioether (sulfide) groups is 1. The van der Waals surface area contributed by atoms with E-state index in [1.807, 2.05) is 18.2 Å². The summed E-state index contributed by atoms with van der Waals surface area (Å²) in [5.74, 6) is 1.30. The zero-order valence-electron chi connectivity index (χ0n) is 16.9. The molecule has 0 spiro atoms. The Hall–Kier alpha value is -2.90. The smallest absolute Gasteiger partial charge is 0.191 e. The predicted octanol–water partition coefficient (Wildman–Crippen LogP) is 5.01. The summed E-state index contributed by atoms with van der Waals surface area (Å²) in [7, 11) is 2.08. The molecule has 30 heavy (non-hydrogen) atoms. The molecule has 0 amide bonds. The summed E-state index contributed by atoms with van der Waals surface area (Å²) in [4.78, 5) is 5.55. The Labute approximate surface area is 179 Å². The number of benzene rings is 2. The third-order valence-electron chi connectivity index (χ3n) is 4.89. The maximum atomic E-state index is 13.4. The van der Waals surface area contributed by atoms with E-state index in [9.17, 15) is 4.39 Å². The molecule has 154 valence electrons. The van der Waals surface area contributed by atoms with Crippen LogP contribution in [-0.4, -0.2) is 31.7 Å². The number of aromatic nitrogens is 4. The minimum atomic E-state index is -0.222. The van der Waals surface area contributed by atoms with Crippen molar-refractivity contribution in [2.24, 2.45) is 0 Å². The Kier molecular flexibility index (Phi) is 6.30. The van der Waals surface area contributed by atoms with Gasteiger partial charge in [0.05, 0.1) is 6.54 Å². The summed E-state index contributed by atoms with van der Waals surface area (Å²) in [5, 5.41) is 10.8. The molecule has 0 radical (unpaired) electrons. The summed E-state index contributed by atoms with van der Waals surface area (Å²) < 4.78 is 15.5. The minimum Gasteiger partial charge on any atom is -0.361 e. The molecule has 0 unspecified atom stereocenters. The number of fused-ring (bicyclic) bond motifs is 1. The van der Waals surface area contributed by atoms with Crippen molar-refractivity contribution in [1.82, 2.24) is 24.6 Å². The highest BCUT2D eigenvalue weighted by atomic mass is 32.2. The first kappa shape index (κ1) is 20.4. The van der Waals surface area contributed by atoms with Crippen LogP contribution < -0.4 is 0 Å². The number of allylic oxidation sites excluding steroid dienone is 1. The van der Waals surface area contributed by atoms with Crippen LogP contribution in [0.25, 0.3) is 10.9 Å². The molecular formula is C23H24FN5S. The van der Waals surface area contributed by atoms with E-state index in [0.29, 0.717) is 18.8 Å². The number of halogens is 1. The van der Waals surface area contributed by atoms with Crippen molar-refractivity contribution < 1.29 is 4.39 Å². The molecule has 0 saturated carbocycles. The molecule has 4 aromatic rings. The number of H-pyrrole nitrogens is 1. The van der Waals surface area contributed by atoms with Crippen LogP contribution in [0.4, 0.5) is 4.39 Å². The van der Waals surface area contributed by atoms with Crippen LogP contribution >= 0.6 is 11.8 Å². The van der Waals surface area contributed by atoms with Gasteiger partial charge in [-0.1, -0.05) is 48.2 Å². The summed E-state index contributed by atoms with van der Waals surface area (Å²) in [5.41, 5.74) is 3.32. The predicted molar refractivity (Wildman–Crippen MR) is 120 cm³/mol. The number of hydrogen-bond donors (Lipinski definition) is 1. The molecule has 2 aromatic heterocycles. The van der Waals surface area contributed by atoms with Crippen LogP contribution in [0.1, 0.15) is 17.0 Å². The van der Waals surface area contributed by atoms with E-state index >= 15 is 0 Å². The molecule has 1 N–H and O–H groups in total. The lowest BCUT2D eigenvalue weighted by atomic mass is 10.1. The second-order valence-electron chi connectivity index (χ2n) is 7.25. The van der Waals surface area contributed by atoms with E-state index in [0.717, 1.165) is 28.6 Å². The second kappa shape index (κ2) is 9.28. The summed E-state index contributed by atoms with van der Waals surface area (Å²) in [6.45, 7) is 5.97. The van der Waals surface area contributed by atoms with Gasteiger partial charge in [-0.3, -0.25) is 4.90 Å². The van der Waals surface area contributed by atoms with Gasteiger partial charge < -0.3 is 9.55 Å². The Bertz CT molecular complexity index is 1150. The molecule has 4 rings (SSSR count). The molecule has 0 aliphatic rings. The van der Waals surface area contributed by atoms with Crippen molar-refractivity contribution >= 4 is 22.7 Å². The monoisotopic (exact) mass is 421 g/mol. The van der Waals surface area contributed by atoms with Gasteiger partial charge in [-0.05, 0) is 36.4 Å². The lowest BCUT2D eigenvalue weighted by molar-refractivity contribution is 0.306. The first-order valence-electron chi connectivity index (χ1n) is 9.78. The van der Waals surface area contributed by atoms with Gasteiger partial charge in [0.25, 0.3) is 0 Å². The standard InChI is InChI=1S/C23H24FN5S/c1-3-11-29-22(26-27-23(29)30-16-17-7-6-8-19(24)12-17)15-28(2)14-18-13-25-21-10-5-4-9-20(18)21/h3-10,12-13,25H,1,11,14-16H2,2H3. The van der Waals surface area contributed by atoms with Crippen LogP contribution in [0.3, 0.4) is 0 Å². The fourth-order valence-corrected chi connectivity index (χ4v) is 4.39. The normalized spacial score (nSPS) is 11.4. The van der Waals surface area contributed by atoms with E-state index in [1.54, 1.807) is 23.9 Å². The van der Waals surface area contributed by atoms with Gasteiger partial charge >= 0.3 is 0 Å². The van der Waals surface area contributed by atoms with Crippen LogP contribution in [-0.2, 0) is 25.4 Å². The van der Waals surface area contributed by atoms with Crippen LogP contribution in [0.5, 0.6) is 0 Å². The molecule has 0 bridgehead atoms. The molecule has 2 aromatic carbocycles. The number of rotatable bonds is 9. The molecule has 0 fully saturated rings. The zero-order valence-corrected chi connectivity index (χ0v) is 17.7. The molecule has 7 heteroatoms. The molecule has 0 saturated heterocycles. The van der Waals surface area contributed by atoms with E-state index in [2.05, 4.69) is 62.7 Å².